The van der Waals surface area contributed by atoms with Gasteiger partial charge in [-0.05, 0) is 118 Å². The number of aromatic nitrogens is 2. The Balaban J connectivity index is 1.11. The Morgan fingerprint density at radius 2 is 0.763 bits per heavy atom. The van der Waals surface area contributed by atoms with Crippen molar-refractivity contribution in [3.05, 3.63) is 194 Å². The standard InChI is InChI=1S/C56H32N2O/c1-2-9-33(10-3-1)34-19-24-38(25-20-34)56-57-48(39-27-28-51-46(30-39)42-14-4-5-18-50(42)59-51)32-49(58-56)41-29-40-26-23-37-12-7-16-44-43-15-6-11-35-21-22-36-13-8-17-45(54(36)52(35)43)47(31-41)55(40)53(37)44/h1-32H. The molecule has 59 heavy (non-hydrogen) atoms. The summed E-state index contributed by atoms with van der Waals surface area (Å²) in [5.41, 5.74) is 8.81. The molecule has 0 aliphatic rings. The fourth-order valence-electron chi connectivity index (χ4n) is 9.63. The van der Waals surface area contributed by atoms with E-state index in [4.69, 9.17) is 14.4 Å². The molecule has 13 aromatic rings. The zero-order chi connectivity index (χ0) is 38.6. The second-order valence-corrected chi connectivity index (χ2v) is 15.7. The maximum atomic E-state index is 6.23. The van der Waals surface area contributed by atoms with Gasteiger partial charge in [0.1, 0.15) is 11.2 Å². The molecule has 2 heterocycles. The summed E-state index contributed by atoms with van der Waals surface area (Å²) in [6.07, 6.45) is 0. The third-order valence-electron chi connectivity index (χ3n) is 12.4. The quantitative estimate of drug-likeness (QED) is 0.168. The van der Waals surface area contributed by atoms with E-state index in [1.807, 2.05) is 18.2 Å². The molecule has 3 nitrogen and oxygen atoms in total. The van der Waals surface area contributed by atoms with Crippen molar-refractivity contribution in [3.8, 4) is 45.0 Å². The van der Waals surface area contributed by atoms with E-state index in [9.17, 15) is 0 Å². The van der Waals surface area contributed by atoms with E-state index >= 15 is 0 Å². The predicted molar refractivity (Wildman–Crippen MR) is 247 cm³/mol. The second kappa shape index (κ2) is 12.3. The summed E-state index contributed by atoms with van der Waals surface area (Å²) in [6.45, 7) is 0. The van der Waals surface area contributed by atoms with Crippen LogP contribution in [0.2, 0.25) is 0 Å². The fourth-order valence-corrected chi connectivity index (χ4v) is 9.63. The summed E-state index contributed by atoms with van der Waals surface area (Å²) in [5.74, 6) is 0.679. The van der Waals surface area contributed by atoms with Crippen molar-refractivity contribution in [1.29, 1.82) is 0 Å². The van der Waals surface area contributed by atoms with Crippen LogP contribution >= 0.6 is 0 Å². The molecule has 0 N–H and O–H groups in total. The van der Waals surface area contributed by atoms with Gasteiger partial charge in [-0.3, -0.25) is 0 Å². The lowest BCUT2D eigenvalue weighted by atomic mass is 9.87. The van der Waals surface area contributed by atoms with Crippen LogP contribution in [0.3, 0.4) is 0 Å². The molecule has 0 amide bonds. The molecule has 0 saturated heterocycles. The molecule has 13 rings (SSSR count). The van der Waals surface area contributed by atoms with Crippen molar-refractivity contribution >= 4 is 86.6 Å². The zero-order valence-electron chi connectivity index (χ0n) is 31.8. The lowest BCUT2D eigenvalue weighted by Gasteiger charge is -2.17. The summed E-state index contributed by atoms with van der Waals surface area (Å²) >= 11 is 0. The summed E-state index contributed by atoms with van der Waals surface area (Å²) in [6, 6.07) is 69.9. The topological polar surface area (TPSA) is 38.9 Å². The summed E-state index contributed by atoms with van der Waals surface area (Å²) in [5, 5.41) is 17.2. The number of fused-ring (bicyclic) bond motifs is 5. The largest absolute Gasteiger partial charge is 0.456 e. The Morgan fingerprint density at radius 1 is 0.271 bits per heavy atom. The molecule has 3 heteroatoms. The lowest BCUT2D eigenvalue weighted by Crippen LogP contribution is -1.96. The normalized spacial score (nSPS) is 12.1. The van der Waals surface area contributed by atoms with Crippen molar-refractivity contribution in [2.75, 3.05) is 0 Å². The highest BCUT2D eigenvalue weighted by atomic mass is 16.3. The van der Waals surface area contributed by atoms with Crippen LogP contribution in [0.15, 0.2) is 199 Å². The minimum Gasteiger partial charge on any atom is -0.456 e. The molecular weight excluding hydrogens is 717 g/mol. The average molecular weight is 749 g/mol. The molecule has 11 aromatic carbocycles. The molecule has 0 radical (unpaired) electrons. The lowest BCUT2D eigenvalue weighted by molar-refractivity contribution is 0.669. The van der Waals surface area contributed by atoms with E-state index in [0.29, 0.717) is 5.82 Å². The Morgan fingerprint density at radius 3 is 1.46 bits per heavy atom. The molecule has 0 saturated carbocycles. The van der Waals surface area contributed by atoms with Gasteiger partial charge in [0.15, 0.2) is 5.82 Å². The number of furan rings is 1. The molecule has 0 aliphatic carbocycles. The first kappa shape index (κ1) is 32.2. The maximum absolute atomic E-state index is 6.23. The van der Waals surface area contributed by atoms with Gasteiger partial charge in [0, 0.05) is 27.5 Å². The average Bonchev–Trinajstić information content (AvgIpc) is 3.68. The third kappa shape index (κ3) is 4.89. The van der Waals surface area contributed by atoms with E-state index in [2.05, 4.69) is 176 Å². The van der Waals surface area contributed by atoms with E-state index in [0.717, 1.165) is 55.6 Å². The van der Waals surface area contributed by atoms with Gasteiger partial charge in [0.05, 0.1) is 11.4 Å². The van der Waals surface area contributed by atoms with Gasteiger partial charge in [-0.1, -0.05) is 152 Å². The number of nitrogens with zero attached hydrogens (tertiary/aromatic N) is 2. The number of para-hydroxylation sites is 1. The van der Waals surface area contributed by atoms with Crippen LogP contribution in [0.25, 0.3) is 132 Å². The van der Waals surface area contributed by atoms with E-state index < -0.39 is 0 Å². The van der Waals surface area contributed by atoms with Gasteiger partial charge in [-0.25, -0.2) is 9.97 Å². The van der Waals surface area contributed by atoms with Gasteiger partial charge in [0.25, 0.3) is 0 Å². The van der Waals surface area contributed by atoms with E-state index in [-0.39, 0.29) is 0 Å². The van der Waals surface area contributed by atoms with Crippen LogP contribution in [-0.2, 0) is 0 Å². The molecule has 0 fully saturated rings. The SMILES string of the molecule is c1ccc(-c2ccc(-c3nc(-c4ccc5oc6ccccc6c5c4)cc(-c4cc5ccc6cccc7c8cccc9ccc%10cccc(c(c4)c5c67)c%10c98)n3)cc2)cc1. The third-order valence-corrected chi connectivity index (χ3v) is 12.4. The van der Waals surface area contributed by atoms with Crippen LogP contribution in [0, 0.1) is 0 Å². The van der Waals surface area contributed by atoms with Crippen molar-refractivity contribution in [3.63, 3.8) is 0 Å². The first-order valence-electron chi connectivity index (χ1n) is 20.1. The molecule has 272 valence electrons. The summed E-state index contributed by atoms with van der Waals surface area (Å²) < 4.78 is 6.23. The minimum absolute atomic E-state index is 0.679. The van der Waals surface area contributed by atoms with Crippen LogP contribution < -0.4 is 0 Å². The molecule has 0 unspecified atom stereocenters. The van der Waals surface area contributed by atoms with Gasteiger partial charge < -0.3 is 4.42 Å². The van der Waals surface area contributed by atoms with Gasteiger partial charge in [-0.15, -0.1) is 0 Å². The highest BCUT2D eigenvalue weighted by Crippen LogP contribution is 2.45. The van der Waals surface area contributed by atoms with E-state index in [1.165, 1.54) is 70.2 Å². The Labute approximate surface area is 338 Å². The number of rotatable bonds is 4. The molecular formula is C56H32N2O. The smallest absolute Gasteiger partial charge is 0.160 e. The predicted octanol–water partition coefficient (Wildman–Crippen LogP) is 15.4. The van der Waals surface area contributed by atoms with Crippen LogP contribution in [0.4, 0.5) is 0 Å². The van der Waals surface area contributed by atoms with Crippen LogP contribution in [0.1, 0.15) is 0 Å². The Bertz CT molecular complexity index is 3820. The van der Waals surface area contributed by atoms with Crippen LogP contribution in [-0.4, -0.2) is 9.97 Å². The van der Waals surface area contributed by atoms with Crippen LogP contribution in [0.5, 0.6) is 0 Å². The number of hydrogen-bond donors (Lipinski definition) is 0. The molecule has 2 aromatic heterocycles. The first-order chi connectivity index (χ1) is 29.2. The van der Waals surface area contributed by atoms with Gasteiger partial charge in [-0.2, -0.15) is 0 Å². The van der Waals surface area contributed by atoms with Crippen molar-refractivity contribution in [1.82, 2.24) is 9.97 Å². The molecule has 0 aliphatic heterocycles. The fraction of sp³-hybridized carbons (Fsp3) is 0. The summed E-state index contributed by atoms with van der Waals surface area (Å²) in [4.78, 5) is 10.7. The van der Waals surface area contributed by atoms with Crippen molar-refractivity contribution < 1.29 is 4.42 Å². The Kier molecular flexibility index (Phi) is 6.72. The van der Waals surface area contributed by atoms with E-state index in [1.54, 1.807) is 0 Å². The highest BCUT2D eigenvalue weighted by Gasteiger charge is 2.19. The maximum Gasteiger partial charge on any atom is 0.160 e. The molecule has 0 bridgehead atoms. The summed E-state index contributed by atoms with van der Waals surface area (Å²) in [7, 11) is 0. The van der Waals surface area contributed by atoms with Crippen molar-refractivity contribution in [2.24, 2.45) is 0 Å². The first-order valence-corrected chi connectivity index (χ1v) is 20.1. The van der Waals surface area contributed by atoms with Crippen molar-refractivity contribution in [2.45, 2.75) is 0 Å². The van der Waals surface area contributed by atoms with Gasteiger partial charge in [0.2, 0.25) is 0 Å². The second-order valence-electron chi connectivity index (χ2n) is 15.7. The number of benzene rings is 10. The zero-order valence-corrected chi connectivity index (χ0v) is 31.8. The molecule has 0 atom stereocenters. The molecule has 0 spiro atoms. The minimum atomic E-state index is 0.679. The number of hydrogen-bond acceptors (Lipinski definition) is 3. The monoisotopic (exact) mass is 748 g/mol. The Hall–Kier alpha value is -7.88. The highest BCUT2D eigenvalue weighted by molar-refractivity contribution is 6.37. The van der Waals surface area contributed by atoms with Gasteiger partial charge >= 0.3 is 0 Å².